The van der Waals surface area contributed by atoms with Crippen molar-refractivity contribution < 1.29 is 4.39 Å². The average molecular weight is 221 g/mol. The maximum Gasteiger partial charge on any atom is 0.123 e. The predicted octanol–water partition coefficient (Wildman–Crippen LogP) is 3.46. The highest BCUT2D eigenvalue weighted by molar-refractivity contribution is 5.21. The molecule has 0 bridgehead atoms. The van der Waals surface area contributed by atoms with Crippen LogP contribution in [0.4, 0.5) is 4.39 Å². The van der Waals surface area contributed by atoms with Gasteiger partial charge in [-0.2, -0.15) is 0 Å². The maximum absolute atomic E-state index is 13.2. The molecule has 1 aromatic rings. The second kappa shape index (κ2) is 5.44. The summed E-state index contributed by atoms with van der Waals surface area (Å²) < 4.78 is 13.2. The lowest BCUT2D eigenvalue weighted by atomic mass is 9.94. The Labute approximate surface area is 97.1 Å². The third kappa shape index (κ3) is 3.31. The van der Waals surface area contributed by atoms with Crippen LogP contribution >= 0.6 is 0 Å². The third-order valence-electron chi connectivity index (χ3n) is 3.19. The highest BCUT2D eigenvalue weighted by atomic mass is 19.1. The largest absolute Gasteiger partial charge is 0.313 e. The molecule has 0 saturated heterocycles. The molecule has 1 unspecified atom stereocenters. The van der Waals surface area contributed by atoms with Gasteiger partial charge in [0.25, 0.3) is 0 Å². The molecule has 0 spiro atoms. The summed E-state index contributed by atoms with van der Waals surface area (Å²) in [5, 5.41) is 3.54. The van der Waals surface area contributed by atoms with Crippen molar-refractivity contribution in [1.29, 1.82) is 0 Å². The lowest BCUT2D eigenvalue weighted by molar-refractivity contribution is 0.537. The fraction of sp³-hybridized carbons (Fsp3) is 0.571. The van der Waals surface area contributed by atoms with Gasteiger partial charge in [-0.1, -0.05) is 25.5 Å². The minimum Gasteiger partial charge on any atom is -0.313 e. The van der Waals surface area contributed by atoms with Crippen LogP contribution in [0.5, 0.6) is 0 Å². The Kier molecular flexibility index (Phi) is 3.94. The van der Waals surface area contributed by atoms with Gasteiger partial charge in [-0.15, -0.1) is 0 Å². The highest BCUT2D eigenvalue weighted by Gasteiger charge is 2.22. The molecule has 1 aliphatic carbocycles. The van der Waals surface area contributed by atoms with E-state index in [0.29, 0.717) is 5.92 Å². The fourth-order valence-electron chi connectivity index (χ4n) is 2.09. The molecule has 1 N–H and O–H groups in total. The number of nitrogens with one attached hydrogen (secondary N) is 1. The van der Waals surface area contributed by atoms with Crippen LogP contribution in [0.3, 0.4) is 0 Å². The molecule has 1 aliphatic rings. The summed E-state index contributed by atoms with van der Waals surface area (Å²) in [6.45, 7) is 3.17. The average Bonchev–Trinajstić information content (AvgIpc) is 3.08. The summed E-state index contributed by atoms with van der Waals surface area (Å²) >= 11 is 0. The van der Waals surface area contributed by atoms with E-state index in [2.05, 4.69) is 12.2 Å². The minimum atomic E-state index is -0.120. The first kappa shape index (κ1) is 11.6. The van der Waals surface area contributed by atoms with Crippen LogP contribution in [0.1, 0.15) is 44.1 Å². The molecular weight excluding hydrogens is 201 g/mol. The molecule has 1 nitrogen and oxygen atoms in total. The molecule has 16 heavy (non-hydrogen) atoms. The van der Waals surface area contributed by atoms with Gasteiger partial charge < -0.3 is 5.32 Å². The molecular formula is C14H20FN. The van der Waals surface area contributed by atoms with Crippen LogP contribution in [0, 0.1) is 5.82 Å². The summed E-state index contributed by atoms with van der Waals surface area (Å²) in [7, 11) is 0. The van der Waals surface area contributed by atoms with Crippen LogP contribution in [0.25, 0.3) is 0 Å². The highest BCUT2D eigenvalue weighted by Crippen LogP contribution is 2.24. The van der Waals surface area contributed by atoms with Crippen molar-refractivity contribution in [1.82, 2.24) is 5.32 Å². The molecule has 1 fully saturated rings. The molecule has 0 heterocycles. The zero-order valence-corrected chi connectivity index (χ0v) is 9.88. The van der Waals surface area contributed by atoms with E-state index in [1.54, 1.807) is 6.07 Å². The van der Waals surface area contributed by atoms with E-state index in [9.17, 15) is 4.39 Å². The van der Waals surface area contributed by atoms with Gasteiger partial charge >= 0.3 is 0 Å². The molecule has 2 rings (SSSR count). The molecule has 1 aromatic carbocycles. The first-order valence-corrected chi connectivity index (χ1v) is 6.28. The zero-order chi connectivity index (χ0) is 11.4. The van der Waals surface area contributed by atoms with Crippen LogP contribution < -0.4 is 5.32 Å². The van der Waals surface area contributed by atoms with Gasteiger partial charge in [-0.05, 0) is 42.9 Å². The van der Waals surface area contributed by atoms with Crippen molar-refractivity contribution in [3.63, 3.8) is 0 Å². The van der Waals surface area contributed by atoms with Crippen LogP contribution in [0.2, 0.25) is 0 Å². The van der Waals surface area contributed by atoms with Gasteiger partial charge in [-0.25, -0.2) is 4.39 Å². The Bertz CT molecular complexity index is 333. The molecule has 88 valence electrons. The maximum atomic E-state index is 13.2. The summed E-state index contributed by atoms with van der Waals surface area (Å²) in [6.07, 6.45) is 4.89. The molecule has 2 heteroatoms. The first-order chi connectivity index (χ1) is 7.79. The predicted molar refractivity (Wildman–Crippen MR) is 65.1 cm³/mol. The van der Waals surface area contributed by atoms with Gasteiger partial charge in [0.15, 0.2) is 0 Å². The first-order valence-electron chi connectivity index (χ1n) is 6.28. The number of hydrogen-bond donors (Lipinski definition) is 1. The van der Waals surface area contributed by atoms with E-state index in [4.69, 9.17) is 0 Å². The Balaban J connectivity index is 1.98. The number of rotatable bonds is 6. The van der Waals surface area contributed by atoms with Gasteiger partial charge in [0.05, 0.1) is 0 Å². The summed E-state index contributed by atoms with van der Waals surface area (Å²) in [6, 6.07) is 7.77. The summed E-state index contributed by atoms with van der Waals surface area (Å²) in [5.74, 6) is 0.339. The Hall–Kier alpha value is -0.890. The smallest absolute Gasteiger partial charge is 0.123 e. The molecule has 0 amide bonds. The number of hydrogen-bond acceptors (Lipinski definition) is 1. The SMILES string of the molecule is CCCC(CNC1CC1)c1cccc(F)c1. The third-order valence-corrected chi connectivity index (χ3v) is 3.19. The fourth-order valence-corrected chi connectivity index (χ4v) is 2.09. The molecule has 0 aromatic heterocycles. The van der Waals surface area contributed by atoms with Crippen molar-refractivity contribution in [3.8, 4) is 0 Å². The van der Waals surface area contributed by atoms with Crippen molar-refractivity contribution in [2.45, 2.75) is 44.6 Å². The van der Waals surface area contributed by atoms with E-state index in [1.165, 1.54) is 18.9 Å². The quantitative estimate of drug-likeness (QED) is 0.775. The van der Waals surface area contributed by atoms with E-state index in [1.807, 2.05) is 12.1 Å². The standard InChI is InChI=1S/C14H20FN/c1-2-4-12(10-16-14-7-8-14)11-5-3-6-13(15)9-11/h3,5-6,9,12,14,16H,2,4,7-8,10H2,1H3. The normalized spacial score (nSPS) is 17.4. The molecule has 1 atom stereocenters. The number of halogens is 1. The van der Waals surface area contributed by atoms with Crippen LogP contribution in [0.15, 0.2) is 24.3 Å². The van der Waals surface area contributed by atoms with Gasteiger partial charge in [0.2, 0.25) is 0 Å². The number of benzene rings is 1. The van der Waals surface area contributed by atoms with Crippen molar-refractivity contribution in [2.24, 2.45) is 0 Å². The topological polar surface area (TPSA) is 12.0 Å². The van der Waals surface area contributed by atoms with E-state index in [-0.39, 0.29) is 5.82 Å². The van der Waals surface area contributed by atoms with E-state index >= 15 is 0 Å². The zero-order valence-electron chi connectivity index (χ0n) is 9.88. The van der Waals surface area contributed by atoms with Crippen molar-refractivity contribution in [2.75, 3.05) is 6.54 Å². The molecule has 0 radical (unpaired) electrons. The Morgan fingerprint density at radius 2 is 2.25 bits per heavy atom. The van der Waals surface area contributed by atoms with E-state index < -0.39 is 0 Å². The van der Waals surface area contributed by atoms with Crippen LogP contribution in [-0.2, 0) is 0 Å². The van der Waals surface area contributed by atoms with Crippen molar-refractivity contribution in [3.05, 3.63) is 35.6 Å². The summed E-state index contributed by atoms with van der Waals surface area (Å²) in [4.78, 5) is 0. The summed E-state index contributed by atoms with van der Waals surface area (Å²) in [5.41, 5.74) is 1.13. The van der Waals surface area contributed by atoms with E-state index in [0.717, 1.165) is 31.0 Å². The van der Waals surface area contributed by atoms with Crippen LogP contribution in [-0.4, -0.2) is 12.6 Å². The Morgan fingerprint density at radius 3 is 2.88 bits per heavy atom. The lowest BCUT2D eigenvalue weighted by Gasteiger charge is -2.17. The van der Waals surface area contributed by atoms with Gasteiger partial charge in [-0.3, -0.25) is 0 Å². The minimum absolute atomic E-state index is 0.120. The monoisotopic (exact) mass is 221 g/mol. The van der Waals surface area contributed by atoms with Crippen molar-refractivity contribution >= 4 is 0 Å². The lowest BCUT2D eigenvalue weighted by Crippen LogP contribution is -2.23. The molecule has 1 saturated carbocycles. The van der Waals surface area contributed by atoms with Gasteiger partial charge in [0.1, 0.15) is 5.82 Å². The Morgan fingerprint density at radius 1 is 1.44 bits per heavy atom. The molecule has 0 aliphatic heterocycles. The second-order valence-electron chi connectivity index (χ2n) is 4.72. The van der Waals surface area contributed by atoms with Gasteiger partial charge in [0, 0.05) is 12.6 Å². The second-order valence-corrected chi connectivity index (χ2v) is 4.72.